The average Bonchev–Trinajstić information content (AvgIpc) is 2.38. The van der Waals surface area contributed by atoms with Gasteiger partial charge in [0.1, 0.15) is 0 Å². The Kier molecular flexibility index (Phi) is 6.82. The van der Waals surface area contributed by atoms with Gasteiger partial charge in [-0.1, -0.05) is 0 Å². The zero-order valence-corrected chi connectivity index (χ0v) is 15.3. The molecule has 2 aromatic rings. The van der Waals surface area contributed by atoms with Crippen LogP contribution in [-0.2, 0) is 9.98 Å². The third-order valence-electron chi connectivity index (χ3n) is 3.27. The van der Waals surface area contributed by atoms with Gasteiger partial charge < -0.3 is 14.7 Å². The minimum Gasteiger partial charge on any atom is -0.303 e. The van der Waals surface area contributed by atoms with E-state index in [0.717, 1.165) is 27.9 Å². The molecule has 0 aliphatic carbocycles. The van der Waals surface area contributed by atoms with Gasteiger partial charge in [0.15, 0.2) is 0 Å². The third kappa shape index (κ3) is 6.90. The van der Waals surface area contributed by atoms with Crippen molar-refractivity contribution in [3.63, 3.8) is 0 Å². The molecule has 0 heterocycles. The molecule has 21 heavy (non-hydrogen) atoms. The van der Waals surface area contributed by atoms with E-state index < -0.39 is 7.82 Å². The second-order valence-corrected chi connectivity index (χ2v) is 7.55. The maximum absolute atomic E-state index is 8.88. The van der Waals surface area contributed by atoms with E-state index in [1.54, 1.807) is 0 Å². The van der Waals surface area contributed by atoms with Crippen LogP contribution in [0.4, 0.5) is 0 Å². The second-order valence-electron chi connectivity index (χ2n) is 5.37. The summed E-state index contributed by atoms with van der Waals surface area (Å²) in [5.41, 5.74) is 2.85. The molecular formula is C15H18NaO4P. The maximum Gasteiger partial charge on any atom is 0.466 e. The number of hydrogen-bond acceptors (Lipinski definition) is 1. The van der Waals surface area contributed by atoms with Gasteiger partial charge in [-0.2, -0.15) is 0 Å². The van der Waals surface area contributed by atoms with Crippen molar-refractivity contribution in [3.05, 3.63) is 65.7 Å². The van der Waals surface area contributed by atoms with Gasteiger partial charge in [-0.15, -0.1) is 0 Å². The van der Waals surface area contributed by atoms with Crippen LogP contribution in [0.15, 0.2) is 54.6 Å². The van der Waals surface area contributed by atoms with Crippen molar-refractivity contribution in [1.29, 1.82) is 0 Å². The van der Waals surface area contributed by atoms with Gasteiger partial charge >= 0.3 is 124 Å². The average molecular weight is 316 g/mol. The summed E-state index contributed by atoms with van der Waals surface area (Å²) in [6.07, 6.45) is 0. The van der Waals surface area contributed by atoms with E-state index in [4.69, 9.17) is 19.2 Å². The molecule has 0 saturated carbocycles. The molecule has 0 spiro atoms. The van der Waals surface area contributed by atoms with Crippen molar-refractivity contribution in [2.75, 3.05) is 0 Å². The van der Waals surface area contributed by atoms with Crippen LogP contribution in [0.1, 0.15) is 25.0 Å². The Balaban J connectivity index is 0.000000383. The molecule has 2 rings (SSSR count). The van der Waals surface area contributed by atoms with Gasteiger partial charge in [-0.3, -0.25) is 0 Å². The van der Waals surface area contributed by atoms with Crippen LogP contribution < -0.4 is 2.81 Å². The summed E-state index contributed by atoms with van der Waals surface area (Å²) in [4.78, 5) is 21.6. The largest absolute Gasteiger partial charge is 0.466 e. The van der Waals surface area contributed by atoms with Crippen LogP contribution >= 0.6 is 7.82 Å². The van der Waals surface area contributed by atoms with Gasteiger partial charge in [0.25, 0.3) is 0 Å². The van der Waals surface area contributed by atoms with Crippen LogP contribution in [0.5, 0.6) is 0 Å². The fraction of sp³-hybridized carbons (Fsp3) is 0.200. The topological polar surface area (TPSA) is 77.8 Å². The first kappa shape index (κ1) is 18.6. The normalized spacial score (nSPS) is 11.6. The van der Waals surface area contributed by atoms with Crippen LogP contribution in [0.2, 0.25) is 0 Å². The predicted molar refractivity (Wildman–Crippen MR) is 84.7 cm³/mol. The molecule has 0 aromatic heterocycles. The molecule has 0 amide bonds. The summed E-state index contributed by atoms with van der Waals surface area (Å²) in [6, 6.07) is 19.7. The molecule has 0 bridgehead atoms. The Morgan fingerprint density at radius 2 is 1.24 bits per heavy atom. The number of hydrogen-bond donors (Lipinski definition) is 3. The fourth-order valence-electron chi connectivity index (χ4n) is 1.99. The third-order valence-corrected chi connectivity index (χ3v) is 3.94. The van der Waals surface area contributed by atoms with Gasteiger partial charge in [0, 0.05) is 0 Å². The Labute approximate surface area is 142 Å². The van der Waals surface area contributed by atoms with Crippen LogP contribution in [0.3, 0.4) is 0 Å². The summed E-state index contributed by atoms with van der Waals surface area (Å²) < 4.78 is 10.3. The Hall–Kier alpha value is -0.450. The summed E-state index contributed by atoms with van der Waals surface area (Å²) in [7, 11) is -4.64. The van der Waals surface area contributed by atoms with Crippen LogP contribution in [0.25, 0.3) is 0 Å². The van der Waals surface area contributed by atoms with E-state index in [9.17, 15) is 0 Å². The van der Waals surface area contributed by atoms with Gasteiger partial charge in [-0.05, 0) is 0 Å². The number of benzene rings is 2. The molecule has 2 aromatic carbocycles. The van der Waals surface area contributed by atoms with Gasteiger partial charge in [0.2, 0.25) is 0 Å². The molecule has 0 unspecified atom stereocenters. The molecule has 0 aliphatic heterocycles. The first-order valence-corrected chi connectivity index (χ1v) is 9.08. The SMILES string of the molecule is CC(C)(c1ccccc1)c1cc[c]([Na])cc1.O=P(O)(O)O. The van der Waals surface area contributed by atoms with E-state index >= 15 is 0 Å². The zero-order valence-electron chi connectivity index (χ0n) is 12.4. The Morgan fingerprint density at radius 3 is 1.67 bits per heavy atom. The Bertz CT molecular complexity index is 597. The van der Waals surface area contributed by atoms with Crippen molar-refractivity contribution in [2.45, 2.75) is 19.3 Å². The summed E-state index contributed by atoms with van der Waals surface area (Å²) in [5, 5.41) is 0. The van der Waals surface area contributed by atoms with Crippen molar-refractivity contribution < 1.29 is 19.2 Å². The van der Waals surface area contributed by atoms with E-state index in [1.165, 1.54) is 13.9 Å². The zero-order chi connectivity index (χ0) is 16.1. The van der Waals surface area contributed by atoms with Crippen molar-refractivity contribution in [3.8, 4) is 0 Å². The van der Waals surface area contributed by atoms with E-state index in [1.807, 2.05) is 0 Å². The standard InChI is InChI=1S/C15H15.Na.H3O4P/c1-15(2,13-9-5-3-6-10-13)14-11-7-4-8-12-14;;1-5(2,3)4/h3,5-12H,1-2H3;;(H3,1,2,3,4). The first-order valence-electron chi connectivity index (χ1n) is 6.51. The summed E-state index contributed by atoms with van der Waals surface area (Å²) >= 11 is 1.13. The van der Waals surface area contributed by atoms with Crippen LogP contribution in [0, 0.1) is 0 Å². The molecule has 0 radical (unpaired) electrons. The quantitative estimate of drug-likeness (QED) is 0.584. The van der Waals surface area contributed by atoms with Crippen molar-refractivity contribution in [2.24, 2.45) is 0 Å². The van der Waals surface area contributed by atoms with E-state index in [-0.39, 0.29) is 5.41 Å². The van der Waals surface area contributed by atoms with Crippen molar-refractivity contribution in [1.82, 2.24) is 0 Å². The maximum atomic E-state index is 8.88. The molecule has 108 valence electrons. The van der Waals surface area contributed by atoms with Crippen LogP contribution in [-0.4, -0.2) is 42.6 Å². The molecule has 0 fully saturated rings. The van der Waals surface area contributed by atoms with E-state index in [2.05, 4.69) is 68.4 Å². The van der Waals surface area contributed by atoms with Gasteiger partial charge in [0.05, 0.1) is 0 Å². The molecule has 4 nitrogen and oxygen atoms in total. The van der Waals surface area contributed by atoms with Crippen molar-refractivity contribution >= 4 is 38.6 Å². The number of phosphoric acid groups is 1. The molecule has 0 aliphatic rings. The van der Waals surface area contributed by atoms with E-state index in [0.29, 0.717) is 0 Å². The molecule has 0 atom stereocenters. The van der Waals surface area contributed by atoms with Gasteiger partial charge in [-0.25, -0.2) is 4.57 Å². The molecule has 6 heteroatoms. The minimum absolute atomic E-state index is 0.0938. The first-order chi connectivity index (χ1) is 9.60. The predicted octanol–water partition coefficient (Wildman–Crippen LogP) is 1.88. The Morgan fingerprint density at radius 1 is 0.857 bits per heavy atom. The second kappa shape index (κ2) is 7.70. The fourth-order valence-corrected chi connectivity index (χ4v) is 2.33. The monoisotopic (exact) mass is 316 g/mol. The minimum atomic E-state index is -4.64. The molecular weight excluding hydrogens is 298 g/mol. The number of rotatable bonds is 2. The molecule has 3 N–H and O–H groups in total. The summed E-state index contributed by atoms with van der Waals surface area (Å²) in [5.74, 6) is 0. The molecule has 0 saturated heterocycles. The summed E-state index contributed by atoms with van der Waals surface area (Å²) in [6.45, 7) is 4.56. The smallest absolute Gasteiger partial charge is 0.303 e.